The molecule has 0 unspecified atom stereocenters. The smallest absolute Gasteiger partial charge is 0.207 e. The number of nitrogen functional groups attached to an aromatic ring is 1. The summed E-state index contributed by atoms with van der Waals surface area (Å²) in [5.41, 5.74) is 6.85. The molecule has 0 bridgehead atoms. The molecule has 7 heteroatoms. The predicted molar refractivity (Wildman–Crippen MR) is 103 cm³/mol. The van der Waals surface area contributed by atoms with Gasteiger partial charge in [0.2, 0.25) is 10.3 Å². The summed E-state index contributed by atoms with van der Waals surface area (Å²) < 4.78 is 5.81. The van der Waals surface area contributed by atoms with Gasteiger partial charge in [0, 0.05) is 13.1 Å². The molecule has 134 valence electrons. The molecule has 2 heterocycles. The topological polar surface area (TPSA) is 76.3 Å². The summed E-state index contributed by atoms with van der Waals surface area (Å²) in [7, 11) is 0. The number of likely N-dealkylation sites (tertiary alicyclic amines) is 1. The molecule has 0 amide bonds. The van der Waals surface area contributed by atoms with E-state index in [2.05, 4.69) is 38.6 Å². The Balaban J connectivity index is 1.38. The first kappa shape index (κ1) is 17.7. The van der Waals surface area contributed by atoms with E-state index >= 15 is 0 Å². The van der Waals surface area contributed by atoms with Crippen molar-refractivity contribution in [1.82, 2.24) is 15.1 Å². The molecule has 1 fully saturated rings. The van der Waals surface area contributed by atoms with Crippen molar-refractivity contribution in [3.8, 4) is 5.75 Å². The minimum Gasteiger partial charge on any atom is -0.490 e. The molecule has 6 nitrogen and oxygen atoms in total. The van der Waals surface area contributed by atoms with E-state index < -0.39 is 0 Å². The summed E-state index contributed by atoms with van der Waals surface area (Å²) >= 11 is 1.34. The monoisotopic (exact) mass is 359 g/mol. The molecule has 1 aliphatic heterocycles. The van der Waals surface area contributed by atoms with E-state index in [4.69, 9.17) is 10.5 Å². The van der Waals surface area contributed by atoms with Crippen molar-refractivity contribution >= 4 is 21.6 Å². The van der Waals surface area contributed by atoms with Crippen LogP contribution in [0.25, 0.3) is 0 Å². The summed E-state index contributed by atoms with van der Waals surface area (Å²) in [4.78, 5) is 2.52. The van der Waals surface area contributed by atoms with E-state index in [0.29, 0.717) is 18.3 Å². The normalized spacial score (nSPS) is 15.5. The Bertz CT molecular complexity index is 682. The van der Waals surface area contributed by atoms with Crippen molar-refractivity contribution in [2.45, 2.75) is 25.8 Å². The largest absolute Gasteiger partial charge is 0.490 e. The number of rotatable bonds is 8. The highest BCUT2D eigenvalue weighted by atomic mass is 32.1. The van der Waals surface area contributed by atoms with Crippen molar-refractivity contribution in [3.63, 3.8) is 0 Å². The maximum atomic E-state index is 5.81. The molecule has 1 aromatic heterocycles. The molecular weight excluding hydrogens is 334 g/mol. The standard InChI is InChI=1S/C18H25N5OS/c19-17-21-22-18(25-17)20-9-2-5-12-24-16-8-6-7-15(13-16)14-23-10-3-1-4-11-23/h2,5-8,13H,1,3-4,9-12,14H2,(H2,19,21)(H,20,22)/b5-2+. The zero-order valence-electron chi connectivity index (χ0n) is 14.4. The number of anilines is 2. The van der Waals surface area contributed by atoms with Gasteiger partial charge in [0.15, 0.2) is 0 Å². The van der Waals surface area contributed by atoms with E-state index in [-0.39, 0.29) is 0 Å². The van der Waals surface area contributed by atoms with Crippen LogP contribution in [0.15, 0.2) is 36.4 Å². The van der Waals surface area contributed by atoms with Crippen LogP contribution in [-0.4, -0.2) is 41.3 Å². The Morgan fingerprint density at radius 3 is 2.88 bits per heavy atom. The third kappa shape index (κ3) is 6.03. The maximum Gasteiger partial charge on any atom is 0.207 e. The van der Waals surface area contributed by atoms with E-state index in [1.165, 1.54) is 49.3 Å². The fourth-order valence-electron chi connectivity index (χ4n) is 2.86. The molecule has 3 N–H and O–H groups in total. The van der Waals surface area contributed by atoms with E-state index in [1.807, 2.05) is 18.2 Å². The van der Waals surface area contributed by atoms with Gasteiger partial charge < -0.3 is 15.8 Å². The molecule has 0 atom stereocenters. The molecular formula is C18H25N5OS. The zero-order valence-corrected chi connectivity index (χ0v) is 15.2. The molecule has 1 aromatic carbocycles. The van der Waals surface area contributed by atoms with E-state index in [0.717, 1.165) is 17.4 Å². The van der Waals surface area contributed by atoms with Gasteiger partial charge >= 0.3 is 0 Å². The lowest BCUT2D eigenvalue weighted by atomic mass is 10.1. The predicted octanol–water partition coefficient (Wildman–Crippen LogP) is 3.15. The SMILES string of the molecule is Nc1nnc(NC/C=C/COc2cccc(CN3CCCCC3)c2)s1. The number of ether oxygens (including phenoxy) is 1. The Morgan fingerprint density at radius 1 is 1.20 bits per heavy atom. The second kappa shape index (κ2) is 9.39. The third-order valence-corrected chi connectivity index (χ3v) is 4.79. The molecule has 0 spiro atoms. The Kier molecular flexibility index (Phi) is 6.64. The highest BCUT2D eigenvalue weighted by molar-refractivity contribution is 7.18. The molecule has 1 saturated heterocycles. The van der Waals surface area contributed by atoms with Crippen LogP contribution in [0.5, 0.6) is 5.75 Å². The number of benzene rings is 1. The lowest BCUT2D eigenvalue weighted by molar-refractivity contribution is 0.220. The summed E-state index contributed by atoms with van der Waals surface area (Å²) in [6.45, 7) is 4.66. The van der Waals surface area contributed by atoms with Gasteiger partial charge in [-0.3, -0.25) is 4.90 Å². The summed E-state index contributed by atoms with van der Waals surface area (Å²) in [5.74, 6) is 0.920. The summed E-state index contributed by atoms with van der Waals surface area (Å²) in [6, 6.07) is 8.40. The fourth-order valence-corrected chi connectivity index (χ4v) is 3.37. The summed E-state index contributed by atoms with van der Waals surface area (Å²) in [6.07, 6.45) is 8.01. The molecule has 0 aliphatic carbocycles. The van der Waals surface area contributed by atoms with Gasteiger partial charge in [-0.1, -0.05) is 36.0 Å². The molecule has 25 heavy (non-hydrogen) atoms. The Morgan fingerprint density at radius 2 is 2.08 bits per heavy atom. The van der Waals surface area contributed by atoms with Gasteiger partial charge in [-0.15, -0.1) is 10.2 Å². The minimum absolute atomic E-state index is 0.472. The number of hydrogen-bond acceptors (Lipinski definition) is 7. The molecule has 0 radical (unpaired) electrons. The second-order valence-corrected chi connectivity index (χ2v) is 7.10. The second-order valence-electron chi connectivity index (χ2n) is 6.09. The van der Waals surface area contributed by atoms with Gasteiger partial charge in [-0.05, 0) is 49.7 Å². The van der Waals surface area contributed by atoms with Crippen LogP contribution in [0, 0.1) is 0 Å². The zero-order chi connectivity index (χ0) is 17.3. The van der Waals surface area contributed by atoms with Crippen LogP contribution in [-0.2, 0) is 6.54 Å². The van der Waals surface area contributed by atoms with Gasteiger partial charge in [-0.25, -0.2) is 0 Å². The van der Waals surface area contributed by atoms with Crippen LogP contribution < -0.4 is 15.8 Å². The highest BCUT2D eigenvalue weighted by Crippen LogP contribution is 2.18. The number of nitrogens with one attached hydrogen (secondary N) is 1. The van der Waals surface area contributed by atoms with Gasteiger partial charge in [0.1, 0.15) is 12.4 Å². The summed E-state index contributed by atoms with van der Waals surface area (Å²) in [5, 5.41) is 12.0. The van der Waals surface area contributed by atoms with Crippen LogP contribution in [0.1, 0.15) is 24.8 Å². The molecule has 1 aliphatic rings. The number of piperidine rings is 1. The molecule has 0 saturated carbocycles. The fraction of sp³-hybridized carbons (Fsp3) is 0.444. The first-order valence-corrected chi connectivity index (χ1v) is 9.53. The Hall–Kier alpha value is -2.12. The van der Waals surface area contributed by atoms with Crippen LogP contribution in [0.2, 0.25) is 0 Å². The third-order valence-electron chi connectivity index (χ3n) is 4.08. The average molecular weight is 359 g/mol. The quantitative estimate of drug-likeness (QED) is 0.705. The highest BCUT2D eigenvalue weighted by Gasteiger charge is 2.10. The van der Waals surface area contributed by atoms with Gasteiger partial charge in [0.05, 0.1) is 0 Å². The van der Waals surface area contributed by atoms with Crippen molar-refractivity contribution < 1.29 is 4.74 Å². The first-order valence-electron chi connectivity index (χ1n) is 8.71. The molecule has 2 aromatic rings. The Labute approximate surface area is 152 Å². The molecule has 3 rings (SSSR count). The number of aromatic nitrogens is 2. The van der Waals surface area contributed by atoms with Crippen molar-refractivity contribution in [1.29, 1.82) is 0 Å². The lowest BCUT2D eigenvalue weighted by Crippen LogP contribution is -2.29. The number of hydrogen-bond donors (Lipinski definition) is 2. The first-order chi connectivity index (χ1) is 12.3. The maximum absolute atomic E-state index is 5.81. The van der Waals surface area contributed by atoms with E-state index in [9.17, 15) is 0 Å². The average Bonchev–Trinajstić information content (AvgIpc) is 3.04. The number of nitrogens with zero attached hydrogens (tertiary/aromatic N) is 3. The van der Waals surface area contributed by atoms with Crippen molar-refractivity contribution in [2.75, 3.05) is 37.3 Å². The van der Waals surface area contributed by atoms with Crippen LogP contribution in [0.3, 0.4) is 0 Å². The van der Waals surface area contributed by atoms with E-state index in [1.54, 1.807) is 0 Å². The minimum atomic E-state index is 0.472. The van der Waals surface area contributed by atoms with Crippen molar-refractivity contribution in [2.24, 2.45) is 0 Å². The van der Waals surface area contributed by atoms with Crippen LogP contribution in [0.4, 0.5) is 10.3 Å². The van der Waals surface area contributed by atoms with Crippen molar-refractivity contribution in [3.05, 3.63) is 42.0 Å². The van der Waals surface area contributed by atoms with Gasteiger partial charge in [0.25, 0.3) is 0 Å². The van der Waals surface area contributed by atoms with Gasteiger partial charge in [-0.2, -0.15) is 0 Å². The number of nitrogens with two attached hydrogens (primary N) is 1. The lowest BCUT2D eigenvalue weighted by Gasteiger charge is -2.26. The van der Waals surface area contributed by atoms with Crippen LogP contribution >= 0.6 is 11.3 Å².